The lowest BCUT2D eigenvalue weighted by atomic mass is 10.1. The maximum atomic E-state index is 12.9. The Morgan fingerprint density at radius 1 is 1.04 bits per heavy atom. The van der Waals surface area contributed by atoms with Gasteiger partial charge in [-0.2, -0.15) is 17.7 Å². The molecule has 144 valence electrons. The molecule has 0 saturated carbocycles. The van der Waals surface area contributed by atoms with Crippen molar-refractivity contribution >= 4 is 21.5 Å². The van der Waals surface area contributed by atoms with Crippen molar-refractivity contribution in [3.05, 3.63) is 53.3 Å². The zero-order valence-corrected chi connectivity index (χ0v) is 14.8. The van der Waals surface area contributed by atoms with Gasteiger partial charge in [0.1, 0.15) is 5.82 Å². The van der Waals surface area contributed by atoms with Crippen molar-refractivity contribution in [1.29, 1.82) is 0 Å². The quantitative estimate of drug-likeness (QED) is 0.654. The highest BCUT2D eigenvalue weighted by atomic mass is 32.2. The maximum Gasteiger partial charge on any atom is 0.453 e. The van der Waals surface area contributed by atoms with E-state index in [2.05, 4.69) is 25.3 Å². The fraction of sp³-hybridized carbons (Fsp3) is 0.267. The van der Waals surface area contributed by atoms with E-state index in [-0.39, 0.29) is 17.2 Å². The number of sulfonamides is 1. The summed E-state index contributed by atoms with van der Waals surface area (Å²) in [6.45, 7) is 0.293. The zero-order valence-electron chi connectivity index (χ0n) is 14.0. The van der Waals surface area contributed by atoms with Crippen LogP contribution in [0.1, 0.15) is 17.0 Å². The van der Waals surface area contributed by atoms with Gasteiger partial charge in [0.15, 0.2) is 5.65 Å². The molecular formula is C15H15F3N6O2S. The summed E-state index contributed by atoms with van der Waals surface area (Å²) in [5.74, 6) is -1.12. The molecule has 2 N–H and O–H groups in total. The van der Waals surface area contributed by atoms with Gasteiger partial charge in [-0.1, -0.05) is 24.3 Å². The Morgan fingerprint density at radius 3 is 2.33 bits per heavy atom. The van der Waals surface area contributed by atoms with Crippen LogP contribution in [0.15, 0.2) is 36.4 Å². The van der Waals surface area contributed by atoms with Gasteiger partial charge in [0.25, 0.3) is 5.82 Å². The van der Waals surface area contributed by atoms with Crippen molar-refractivity contribution in [3.8, 4) is 0 Å². The molecule has 0 aliphatic rings. The van der Waals surface area contributed by atoms with Crippen molar-refractivity contribution in [1.82, 2.24) is 24.5 Å². The molecule has 3 rings (SSSR count). The van der Waals surface area contributed by atoms with Crippen LogP contribution in [0.25, 0.3) is 5.65 Å². The summed E-state index contributed by atoms with van der Waals surface area (Å²) in [5.41, 5.74) is 1.41. The van der Waals surface area contributed by atoms with E-state index in [1.807, 2.05) is 0 Å². The topological polar surface area (TPSA) is 101 Å². The van der Waals surface area contributed by atoms with Gasteiger partial charge in [-0.15, -0.1) is 15.3 Å². The Morgan fingerprint density at radius 2 is 1.70 bits per heavy atom. The molecule has 2 aromatic heterocycles. The third kappa shape index (κ3) is 4.52. The third-order valence-electron chi connectivity index (χ3n) is 3.68. The van der Waals surface area contributed by atoms with Gasteiger partial charge in [-0.3, -0.25) is 0 Å². The number of anilines is 1. The first kappa shape index (κ1) is 19.0. The molecule has 2 heterocycles. The van der Waals surface area contributed by atoms with Crippen LogP contribution < -0.4 is 10.0 Å². The molecule has 0 atom stereocenters. The summed E-state index contributed by atoms with van der Waals surface area (Å²) in [6, 6.07) is 9.67. The highest BCUT2D eigenvalue weighted by Crippen LogP contribution is 2.27. The maximum absolute atomic E-state index is 12.9. The van der Waals surface area contributed by atoms with Gasteiger partial charge >= 0.3 is 6.18 Å². The molecule has 0 amide bonds. The zero-order chi connectivity index (χ0) is 19.7. The molecule has 0 aliphatic heterocycles. The highest BCUT2D eigenvalue weighted by Gasteiger charge is 2.37. The van der Waals surface area contributed by atoms with Crippen LogP contribution in [0.5, 0.6) is 0 Å². The van der Waals surface area contributed by atoms with Crippen LogP contribution >= 0.6 is 0 Å². The second-order valence-corrected chi connectivity index (χ2v) is 7.57. The first-order valence-electron chi connectivity index (χ1n) is 7.70. The SMILES string of the molecule is CNS(=O)(=O)Cc1ccc(CNc2ccc3nnc(C(F)(F)F)n3n2)cc1. The Bertz CT molecular complexity index is 1050. The molecule has 3 aromatic rings. The van der Waals surface area contributed by atoms with Gasteiger partial charge < -0.3 is 5.32 Å². The number of nitrogens with zero attached hydrogens (tertiary/aromatic N) is 4. The first-order chi connectivity index (χ1) is 12.7. The number of rotatable bonds is 6. The molecule has 0 radical (unpaired) electrons. The van der Waals surface area contributed by atoms with Crippen LogP contribution in [0.2, 0.25) is 0 Å². The van der Waals surface area contributed by atoms with Crippen LogP contribution in [-0.4, -0.2) is 35.3 Å². The summed E-state index contributed by atoms with van der Waals surface area (Å²) in [5, 5.41) is 13.3. The predicted octanol–water partition coefficient (Wildman–Crippen LogP) is 1.80. The second kappa shape index (κ2) is 7.12. The van der Waals surface area contributed by atoms with Gasteiger partial charge in [0.05, 0.1) is 5.75 Å². The summed E-state index contributed by atoms with van der Waals surface area (Å²) in [4.78, 5) is 0. The minimum atomic E-state index is -4.66. The summed E-state index contributed by atoms with van der Waals surface area (Å²) < 4.78 is 64.6. The van der Waals surface area contributed by atoms with Gasteiger partial charge in [-0.05, 0) is 30.3 Å². The Balaban J connectivity index is 1.71. The molecule has 0 bridgehead atoms. The van der Waals surface area contributed by atoms with Crippen molar-refractivity contribution in [3.63, 3.8) is 0 Å². The lowest BCUT2D eigenvalue weighted by Gasteiger charge is -2.08. The van der Waals surface area contributed by atoms with E-state index in [0.29, 0.717) is 16.6 Å². The van der Waals surface area contributed by atoms with Crippen LogP contribution in [0.4, 0.5) is 19.0 Å². The van der Waals surface area contributed by atoms with Crippen LogP contribution in [0, 0.1) is 0 Å². The normalized spacial score (nSPS) is 12.4. The number of benzene rings is 1. The Hall–Kier alpha value is -2.73. The molecule has 8 nitrogen and oxygen atoms in total. The molecule has 27 heavy (non-hydrogen) atoms. The average molecular weight is 400 g/mol. The number of nitrogens with one attached hydrogen (secondary N) is 2. The monoisotopic (exact) mass is 400 g/mol. The molecule has 12 heteroatoms. The molecule has 0 fully saturated rings. The van der Waals surface area contributed by atoms with E-state index in [1.165, 1.54) is 19.2 Å². The molecule has 0 aliphatic carbocycles. The second-order valence-electron chi connectivity index (χ2n) is 5.64. The summed E-state index contributed by atoms with van der Waals surface area (Å²) in [6.07, 6.45) is -4.66. The highest BCUT2D eigenvalue weighted by molar-refractivity contribution is 7.88. The standard InChI is InChI=1S/C15H15F3N6O2S/c1-19-27(25,26)9-11-4-2-10(3-5-11)8-20-12-6-7-13-21-22-14(15(16,17)18)24(13)23-12/h2-7,19H,8-9H2,1H3,(H,20,23). The fourth-order valence-electron chi connectivity index (χ4n) is 2.30. The largest absolute Gasteiger partial charge is 0.453 e. The van der Waals surface area contributed by atoms with Gasteiger partial charge in [0.2, 0.25) is 10.0 Å². The number of alkyl halides is 3. The lowest BCUT2D eigenvalue weighted by molar-refractivity contribution is -0.146. The predicted molar refractivity (Wildman–Crippen MR) is 91.2 cm³/mol. The number of hydrogen-bond acceptors (Lipinski definition) is 6. The molecule has 0 spiro atoms. The minimum absolute atomic E-state index is 0.0111. The van der Waals surface area contributed by atoms with Crippen molar-refractivity contribution in [2.75, 3.05) is 12.4 Å². The average Bonchev–Trinajstić information content (AvgIpc) is 3.04. The molecular weight excluding hydrogens is 385 g/mol. The molecule has 0 saturated heterocycles. The van der Waals surface area contributed by atoms with Crippen LogP contribution in [-0.2, 0) is 28.5 Å². The number of halogens is 3. The first-order valence-corrected chi connectivity index (χ1v) is 9.36. The smallest absolute Gasteiger partial charge is 0.365 e. The Kier molecular flexibility index (Phi) is 5.02. The number of aromatic nitrogens is 4. The molecule has 1 aromatic carbocycles. The summed E-state index contributed by atoms with van der Waals surface area (Å²) in [7, 11) is -2.01. The van der Waals surface area contributed by atoms with E-state index < -0.39 is 22.0 Å². The Labute approximate surface area is 152 Å². The van der Waals surface area contributed by atoms with E-state index >= 15 is 0 Å². The lowest BCUT2D eigenvalue weighted by Crippen LogP contribution is -2.20. The van der Waals surface area contributed by atoms with Crippen molar-refractivity contribution < 1.29 is 21.6 Å². The van der Waals surface area contributed by atoms with Crippen molar-refractivity contribution in [2.24, 2.45) is 0 Å². The van der Waals surface area contributed by atoms with E-state index in [9.17, 15) is 21.6 Å². The van der Waals surface area contributed by atoms with Crippen LogP contribution in [0.3, 0.4) is 0 Å². The molecule has 0 unspecified atom stereocenters. The van der Waals surface area contributed by atoms with Gasteiger partial charge in [0, 0.05) is 6.54 Å². The number of fused-ring (bicyclic) bond motifs is 1. The summed E-state index contributed by atoms with van der Waals surface area (Å²) >= 11 is 0. The minimum Gasteiger partial charge on any atom is -0.365 e. The number of hydrogen-bond donors (Lipinski definition) is 2. The van der Waals surface area contributed by atoms with E-state index in [1.54, 1.807) is 24.3 Å². The third-order valence-corrected chi connectivity index (χ3v) is 5.02. The van der Waals surface area contributed by atoms with E-state index in [4.69, 9.17) is 0 Å². The van der Waals surface area contributed by atoms with E-state index in [0.717, 1.165) is 5.56 Å². The fourth-order valence-corrected chi connectivity index (χ4v) is 3.07. The van der Waals surface area contributed by atoms with Gasteiger partial charge in [-0.25, -0.2) is 13.1 Å². The van der Waals surface area contributed by atoms with Crippen molar-refractivity contribution in [2.45, 2.75) is 18.5 Å².